The van der Waals surface area contributed by atoms with Gasteiger partial charge in [-0.25, -0.2) is 4.39 Å². The van der Waals surface area contributed by atoms with Gasteiger partial charge in [-0.1, -0.05) is 36.4 Å². The lowest BCUT2D eigenvalue weighted by Gasteiger charge is -2.21. The van der Waals surface area contributed by atoms with Gasteiger partial charge in [-0.15, -0.1) is 0 Å². The van der Waals surface area contributed by atoms with E-state index in [1.807, 2.05) is 30.3 Å². The molecule has 3 aromatic rings. The van der Waals surface area contributed by atoms with Gasteiger partial charge in [0.05, 0.1) is 13.3 Å². The largest absolute Gasteiger partial charge is 0.497 e. The molecule has 0 radical (unpaired) electrons. The molecule has 1 atom stereocenters. The standard InChI is InChI=1S/C24H23FN4O2/c1-27-15-21(16-7-4-3-5-8-16)22(26)24(30)23(17-11-18(25)14-28-13-17)29-19-9-6-10-20(12-19)31-2/h3-15,23,26-27,29H,1-2H3/b21-15-,26-22?. The van der Waals surface area contributed by atoms with E-state index in [9.17, 15) is 9.18 Å². The number of allylic oxidation sites excluding steroid dienone is 1. The Balaban J connectivity index is 2.00. The quantitative estimate of drug-likeness (QED) is 0.453. The van der Waals surface area contributed by atoms with Gasteiger partial charge >= 0.3 is 0 Å². The van der Waals surface area contributed by atoms with Gasteiger partial charge in [0.2, 0.25) is 5.78 Å². The highest BCUT2D eigenvalue weighted by Crippen LogP contribution is 2.26. The van der Waals surface area contributed by atoms with Crippen LogP contribution in [0.2, 0.25) is 0 Å². The van der Waals surface area contributed by atoms with Crippen molar-refractivity contribution in [3.8, 4) is 5.75 Å². The Morgan fingerprint density at radius 2 is 1.90 bits per heavy atom. The smallest absolute Gasteiger partial charge is 0.207 e. The number of benzene rings is 2. The average molecular weight is 418 g/mol. The maximum Gasteiger partial charge on any atom is 0.207 e. The zero-order valence-electron chi connectivity index (χ0n) is 17.2. The summed E-state index contributed by atoms with van der Waals surface area (Å²) in [5.74, 6) is -0.493. The second kappa shape index (κ2) is 10.2. The summed E-state index contributed by atoms with van der Waals surface area (Å²) in [5.41, 5.74) is 1.83. The first-order valence-corrected chi connectivity index (χ1v) is 9.60. The van der Waals surface area contributed by atoms with Gasteiger partial charge in [0.15, 0.2) is 0 Å². The zero-order valence-corrected chi connectivity index (χ0v) is 17.2. The van der Waals surface area contributed by atoms with Crippen LogP contribution < -0.4 is 15.4 Å². The average Bonchev–Trinajstić information content (AvgIpc) is 2.81. The van der Waals surface area contributed by atoms with Crippen LogP contribution in [0, 0.1) is 11.2 Å². The van der Waals surface area contributed by atoms with Crippen molar-refractivity contribution in [3.63, 3.8) is 0 Å². The number of methoxy groups -OCH3 is 1. The molecule has 1 aromatic heterocycles. The number of carbonyl (C=O) groups excluding carboxylic acids is 1. The normalized spacial score (nSPS) is 12.0. The Morgan fingerprint density at radius 3 is 2.58 bits per heavy atom. The highest BCUT2D eigenvalue weighted by atomic mass is 19.1. The highest BCUT2D eigenvalue weighted by Gasteiger charge is 2.28. The third kappa shape index (κ3) is 5.33. The van der Waals surface area contributed by atoms with Crippen molar-refractivity contribution < 1.29 is 13.9 Å². The van der Waals surface area contributed by atoms with Gasteiger partial charge in [0, 0.05) is 42.3 Å². The summed E-state index contributed by atoms with van der Waals surface area (Å²) in [6.07, 6.45) is 4.08. The van der Waals surface area contributed by atoms with Crippen LogP contribution in [0.3, 0.4) is 0 Å². The predicted octanol–water partition coefficient (Wildman–Crippen LogP) is 4.23. The van der Waals surface area contributed by atoms with Crippen LogP contribution in [0.1, 0.15) is 17.2 Å². The molecular weight excluding hydrogens is 395 g/mol. The predicted molar refractivity (Wildman–Crippen MR) is 120 cm³/mol. The van der Waals surface area contributed by atoms with Gasteiger partial charge in [0.1, 0.15) is 23.3 Å². The molecule has 0 aliphatic carbocycles. The van der Waals surface area contributed by atoms with E-state index < -0.39 is 17.6 Å². The SMILES string of the molecule is CN/C=C(\C(=N)C(=O)C(Nc1cccc(OC)c1)c1cncc(F)c1)c1ccccc1. The molecule has 0 aliphatic heterocycles. The number of anilines is 1. The van der Waals surface area contributed by atoms with Crippen LogP contribution in [0.25, 0.3) is 5.57 Å². The molecule has 31 heavy (non-hydrogen) atoms. The van der Waals surface area contributed by atoms with Gasteiger partial charge in [0.25, 0.3) is 0 Å². The molecule has 0 amide bonds. The van der Waals surface area contributed by atoms with Crippen molar-refractivity contribution in [1.29, 1.82) is 5.41 Å². The molecule has 0 saturated carbocycles. The third-order valence-electron chi connectivity index (χ3n) is 4.59. The van der Waals surface area contributed by atoms with E-state index in [0.29, 0.717) is 28.1 Å². The highest BCUT2D eigenvalue weighted by molar-refractivity contribution is 6.56. The van der Waals surface area contributed by atoms with Crippen LogP contribution in [0.4, 0.5) is 10.1 Å². The number of ether oxygens (including phenoxy) is 1. The summed E-state index contributed by atoms with van der Waals surface area (Å²) in [5, 5.41) is 14.6. The first-order valence-electron chi connectivity index (χ1n) is 9.60. The zero-order chi connectivity index (χ0) is 22.2. The minimum absolute atomic E-state index is 0.217. The molecule has 0 spiro atoms. The lowest BCUT2D eigenvalue weighted by atomic mass is 9.93. The second-order valence-electron chi connectivity index (χ2n) is 6.70. The number of hydrogen-bond donors (Lipinski definition) is 3. The second-order valence-corrected chi connectivity index (χ2v) is 6.70. The molecule has 3 N–H and O–H groups in total. The van der Waals surface area contributed by atoms with E-state index in [0.717, 1.165) is 6.20 Å². The van der Waals surface area contributed by atoms with E-state index in [4.69, 9.17) is 10.1 Å². The number of Topliss-reactive ketones (excluding diaryl/α,β-unsaturated/α-hetero) is 1. The first-order chi connectivity index (χ1) is 15.0. The molecule has 1 unspecified atom stereocenters. The van der Waals surface area contributed by atoms with Crippen LogP contribution in [0.5, 0.6) is 5.75 Å². The molecule has 0 aliphatic rings. The Labute approximate surface area is 180 Å². The molecule has 0 bridgehead atoms. The molecule has 2 aromatic carbocycles. The van der Waals surface area contributed by atoms with Gasteiger partial charge in [-0.3, -0.25) is 15.2 Å². The number of pyridine rings is 1. The lowest BCUT2D eigenvalue weighted by molar-refractivity contribution is -0.113. The van der Waals surface area contributed by atoms with Crippen LogP contribution in [-0.4, -0.2) is 30.6 Å². The summed E-state index contributed by atoms with van der Waals surface area (Å²) in [4.78, 5) is 17.3. The van der Waals surface area contributed by atoms with Gasteiger partial charge in [-0.05, 0) is 23.8 Å². The van der Waals surface area contributed by atoms with E-state index in [2.05, 4.69) is 15.6 Å². The van der Waals surface area contributed by atoms with Crippen molar-refractivity contribution in [2.45, 2.75) is 6.04 Å². The van der Waals surface area contributed by atoms with Crippen molar-refractivity contribution >= 4 is 22.8 Å². The number of rotatable bonds is 9. The number of aromatic nitrogens is 1. The maximum atomic E-state index is 13.9. The fraction of sp³-hybridized carbons (Fsp3) is 0.125. The van der Waals surface area contributed by atoms with Crippen molar-refractivity contribution in [2.24, 2.45) is 0 Å². The summed E-state index contributed by atoms with van der Waals surface area (Å²) in [6, 6.07) is 16.4. The molecule has 7 heteroatoms. The van der Waals surface area contributed by atoms with Crippen molar-refractivity contribution in [1.82, 2.24) is 10.3 Å². The Morgan fingerprint density at radius 1 is 1.13 bits per heavy atom. The Bertz CT molecular complexity index is 1100. The third-order valence-corrected chi connectivity index (χ3v) is 4.59. The fourth-order valence-corrected chi connectivity index (χ4v) is 3.10. The number of hydrogen-bond acceptors (Lipinski definition) is 6. The Hall–Kier alpha value is -4.00. The number of ketones is 1. The number of carbonyl (C=O) groups is 1. The summed E-state index contributed by atoms with van der Waals surface area (Å²) in [6.45, 7) is 0. The monoisotopic (exact) mass is 418 g/mol. The summed E-state index contributed by atoms with van der Waals surface area (Å²) < 4.78 is 19.1. The number of nitrogens with one attached hydrogen (secondary N) is 3. The van der Waals surface area contributed by atoms with Crippen LogP contribution >= 0.6 is 0 Å². The first kappa shape index (κ1) is 21.7. The Kier molecular flexibility index (Phi) is 7.11. The molecule has 158 valence electrons. The van der Waals surface area contributed by atoms with Crippen LogP contribution in [-0.2, 0) is 4.79 Å². The van der Waals surface area contributed by atoms with Crippen molar-refractivity contribution in [2.75, 3.05) is 19.5 Å². The number of halogens is 1. The maximum absolute atomic E-state index is 13.9. The lowest BCUT2D eigenvalue weighted by Crippen LogP contribution is -2.29. The molecule has 0 saturated heterocycles. The van der Waals surface area contributed by atoms with E-state index in [-0.39, 0.29) is 5.71 Å². The molecular formula is C24H23FN4O2. The van der Waals surface area contributed by atoms with E-state index in [1.54, 1.807) is 44.6 Å². The number of nitrogens with zero attached hydrogens (tertiary/aromatic N) is 1. The van der Waals surface area contributed by atoms with Gasteiger partial charge in [-0.2, -0.15) is 0 Å². The van der Waals surface area contributed by atoms with Crippen molar-refractivity contribution in [3.05, 3.63) is 96.2 Å². The molecule has 3 rings (SSSR count). The van der Waals surface area contributed by atoms with Gasteiger partial charge < -0.3 is 15.4 Å². The molecule has 0 fully saturated rings. The fourth-order valence-electron chi connectivity index (χ4n) is 3.10. The van der Waals surface area contributed by atoms with E-state index in [1.165, 1.54) is 12.3 Å². The van der Waals surface area contributed by atoms with Crippen LogP contribution in [0.15, 0.2) is 79.3 Å². The minimum atomic E-state index is -1.02. The minimum Gasteiger partial charge on any atom is -0.497 e. The molecule has 1 heterocycles. The summed E-state index contributed by atoms with van der Waals surface area (Å²) in [7, 11) is 3.24. The topological polar surface area (TPSA) is 87.1 Å². The van der Waals surface area contributed by atoms with E-state index >= 15 is 0 Å². The summed E-state index contributed by atoms with van der Waals surface area (Å²) >= 11 is 0. The molecule has 6 nitrogen and oxygen atoms in total.